The SMILES string of the molecule is CCNC(=NCc1cccc(F)c1)NCc1nnc2ccccn12.I. The van der Waals surface area contributed by atoms with E-state index in [1.165, 1.54) is 12.1 Å². The van der Waals surface area contributed by atoms with Gasteiger partial charge in [0.25, 0.3) is 0 Å². The van der Waals surface area contributed by atoms with Gasteiger partial charge in [-0.15, -0.1) is 34.2 Å². The van der Waals surface area contributed by atoms with E-state index in [1.807, 2.05) is 41.8 Å². The second-order valence-electron chi connectivity index (χ2n) is 5.22. The molecule has 0 aliphatic rings. The van der Waals surface area contributed by atoms with Crippen LogP contribution in [-0.4, -0.2) is 27.1 Å². The van der Waals surface area contributed by atoms with Gasteiger partial charge in [0.2, 0.25) is 0 Å². The molecule has 0 radical (unpaired) electrons. The number of nitrogens with zero attached hydrogens (tertiary/aromatic N) is 4. The molecule has 0 amide bonds. The summed E-state index contributed by atoms with van der Waals surface area (Å²) in [5.74, 6) is 1.19. The predicted molar refractivity (Wildman–Crippen MR) is 106 cm³/mol. The molecule has 0 atom stereocenters. The first-order valence-corrected chi connectivity index (χ1v) is 7.81. The molecule has 132 valence electrons. The second-order valence-corrected chi connectivity index (χ2v) is 5.22. The molecule has 0 aliphatic carbocycles. The van der Waals surface area contributed by atoms with Crippen molar-refractivity contribution in [2.24, 2.45) is 4.99 Å². The van der Waals surface area contributed by atoms with Crippen LogP contribution in [0.2, 0.25) is 0 Å². The minimum atomic E-state index is -0.254. The Kier molecular flexibility index (Phi) is 7.11. The van der Waals surface area contributed by atoms with Gasteiger partial charge >= 0.3 is 0 Å². The van der Waals surface area contributed by atoms with Gasteiger partial charge in [-0.1, -0.05) is 18.2 Å². The first-order valence-electron chi connectivity index (χ1n) is 7.81. The molecule has 0 aliphatic heterocycles. The molecule has 0 fully saturated rings. The number of nitrogens with one attached hydrogen (secondary N) is 2. The van der Waals surface area contributed by atoms with Crippen LogP contribution in [0.1, 0.15) is 18.3 Å². The van der Waals surface area contributed by atoms with Gasteiger partial charge in [-0.3, -0.25) is 4.40 Å². The maximum absolute atomic E-state index is 13.2. The molecule has 3 rings (SSSR count). The largest absolute Gasteiger partial charge is 0.357 e. The molecule has 2 heterocycles. The van der Waals surface area contributed by atoms with Crippen molar-refractivity contribution in [1.29, 1.82) is 0 Å². The first-order chi connectivity index (χ1) is 11.8. The number of fused-ring (bicyclic) bond motifs is 1. The summed E-state index contributed by atoms with van der Waals surface area (Å²) in [5.41, 5.74) is 1.62. The summed E-state index contributed by atoms with van der Waals surface area (Å²) >= 11 is 0. The van der Waals surface area contributed by atoms with Crippen molar-refractivity contribution in [2.75, 3.05) is 6.54 Å². The summed E-state index contributed by atoms with van der Waals surface area (Å²) in [6.45, 7) is 3.61. The molecule has 6 nitrogen and oxygen atoms in total. The van der Waals surface area contributed by atoms with Gasteiger partial charge in [-0.2, -0.15) is 0 Å². The van der Waals surface area contributed by atoms with E-state index in [0.717, 1.165) is 23.6 Å². The van der Waals surface area contributed by atoms with E-state index >= 15 is 0 Å². The molecule has 8 heteroatoms. The number of halogens is 2. The molecule has 0 saturated carbocycles. The van der Waals surface area contributed by atoms with Crippen molar-refractivity contribution in [2.45, 2.75) is 20.0 Å². The molecule has 0 bridgehead atoms. The standard InChI is InChI=1S/C17H19FN6.HI/c1-2-19-17(20-11-13-6-5-7-14(18)10-13)21-12-16-23-22-15-8-3-4-9-24(15)16;/h3-10H,2,11-12H2,1H3,(H2,19,20,21);1H. The Hall–Kier alpha value is -2.23. The Morgan fingerprint density at radius 3 is 2.84 bits per heavy atom. The van der Waals surface area contributed by atoms with Crippen LogP contribution in [0.25, 0.3) is 5.65 Å². The van der Waals surface area contributed by atoms with Crippen molar-refractivity contribution in [3.8, 4) is 0 Å². The minimum absolute atomic E-state index is 0. The van der Waals surface area contributed by atoms with Crippen LogP contribution in [0.4, 0.5) is 4.39 Å². The average molecular weight is 454 g/mol. The zero-order valence-electron chi connectivity index (χ0n) is 13.8. The number of aliphatic imine (C=N–C) groups is 1. The van der Waals surface area contributed by atoms with E-state index in [-0.39, 0.29) is 29.8 Å². The van der Waals surface area contributed by atoms with Crippen molar-refractivity contribution in [1.82, 2.24) is 25.2 Å². The maximum atomic E-state index is 13.2. The molecule has 3 aromatic rings. The van der Waals surface area contributed by atoms with Gasteiger partial charge in [0.05, 0.1) is 13.1 Å². The lowest BCUT2D eigenvalue weighted by atomic mass is 10.2. The molecule has 0 spiro atoms. The van der Waals surface area contributed by atoms with Crippen molar-refractivity contribution in [3.63, 3.8) is 0 Å². The van der Waals surface area contributed by atoms with Crippen molar-refractivity contribution >= 4 is 35.6 Å². The van der Waals surface area contributed by atoms with E-state index in [0.29, 0.717) is 19.0 Å². The third-order valence-electron chi connectivity index (χ3n) is 3.45. The molecule has 2 N–H and O–H groups in total. The van der Waals surface area contributed by atoms with Crippen LogP contribution in [0.3, 0.4) is 0 Å². The maximum Gasteiger partial charge on any atom is 0.191 e. The van der Waals surface area contributed by atoms with Crippen LogP contribution in [0.5, 0.6) is 0 Å². The van der Waals surface area contributed by atoms with Crippen LogP contribution in [0.15, 0.2) is 53.7 Å². The molecule has 2 aromatic heterocycles. The van der Waals surface area contributed by atoms with E-state index in [9.17, 15) is 4.39 Å². The van der Waals surface area contributed by atoms with E-state index in [1.54, 1.807) is 6.07 Å². The van der Waals surface area contributed by atoms with Crippen LogP contribution < -0.4 is 10.6 Å². The zero-order chi connectivity index (χ0) is 16.8. The number of rotatable bonds is 5. The van der Waals surface area contributed by atoms with Crippen LogP contribution in [0, 0.1) is 5.82 Å². The molecule has 1 aromatic carbocycles. The Morgan fingerprint density at radius 2 is 2.04 bits per heavy atom. The fourth-order valence-corrected chi connectivity index (χ4v) is 2.32. The number of hydrogen-bond donors (Lipinski definition) is 2. The van der Waals surface area contributed by atoms with E-state index in [2.05, 4.69) is 25.8 Å². The van der Waals surface area contributed by atoms with Gasteiger partial charge in [0.1, 0.15) is 5.82 Å². The highest BCUT2D eigenvalue weighted by Crippen LogP contribution is 2.05. The Bertz CT molecular complexity index is 848. The highest BCUT2D eigenvalue weighted by Gasteiger charge is 2.05. The van der Waals surface area contributed by atoms with Gasteiger partial charge in [0.15, 0.2) is 17.4 Å². The van der Waals surface area contributed by atoms with Gasteiger partial charge in [-0.25, -0.2) is 9.38 Å². The van der Waals surface area contributed by atoms with Gasteiger partial charge in [-0.05, 0) is 36.8 Å². The Balaban J connectivity index is 0.00000225. The lowest BCUT2D eigenvalue weighted by Gasteiger charge is -2.10. The monoisotopic (exact) mass is 454 g/mol. The summed E-state index contributed by atoms with van der Waals surface area (Å²) in [6, 6.07) is 12.2. The number of hydrogen-bond acceptors (Lipinski definition) is 3. The number of aromatic nitrogens is 3. The molecule has 0 saturated heterocycles. The van der Waals surface area contributed by atoms with Crippen LogP contribution >= 0.6 is 24.0 Å². The number of guanidine groups is 1. The first kappa shape index (κ1) is 19.1. The van der Waals surface area contributed by atoms with E-state index < -0.39 is 0 Å². The van der Waals surface area contributed by atoms with Crippen molar-refractivity contribution in [3.05, 3.63) is 65.9 Å². The summed E-state index contributed by atoms with van der Waals surface area (Å²) in [7, 11) is 0. The molecule has 0 unspecified atom stereocenters. The minimum Gasteiger partial charge on any atom is -0.357 e. The molecule has 25 heavy (non-hydrogen) atoms. The van der Waals surface area contributed by atoms with Crippen molar-refractivity contribution < 1.29 is 4.39 Å². The fourth-order valence-electron chi connectivity index (χ4n) is 2.32. The summed E-state index contributed by atoms with van der Waals surface area (Å²) in [6.07, 6.45) is 1.92. The predicted octanol–water partition coefficient (Wildman–Crippen LogP) is 2.74. The highest BCUT2D eigenvalue weighted by atomic mass is 127. The fraction of sp³-hybridized carbons (Fsp3) is 0.235. The summed E-state index contributed by atoms with van der Waals surface area (Å²) in [5, 5.41) is 14.7. The smallest absolute Gasteiger partial charge is 0.191 e. The van der Waals surface area contributed by atoms with Gasteiger partial charge < -0.3 is 10.6 Å². The summed E-state index contributed by atoms with van der Waals surface area (Å²) in [4.78, 5) is 4.47. The average Bonchev–Trinajstić information content (AvgIpc) is 3.01. The zero-order valence-corrected chi connectivity index (χ0v) is 16.1. The second kappa shape index (κ2) is 9.30. The number of pyridine rings is 1. The number of benzene rings is 1. The normalized spacial score (nSPS) is 11.2. The highest BCUT2D eigenvalue weighted by molar-refractivity contribution is 14.0. The van der Waals surface area contributed by atoms with E-state index in [4.69, 9.17) is 0 Å². The lowest BCUT2D eigenvalue weighted by molar-refractivity contribution is 0.625. The summed E-state index contributed by atoms with van der Waals surface area (Å²) < 4.78 is 15.1. The Morgan fingerprint density at radius 1 is 1.16 bits per heavy atom. The third-order valence-corrected chi connectivity index (χ3v) is 3.45. The topological polar surface area (TPSA) is 66.6 Å². The molecular weight excluding hydrogens is 434 g/mol. The lowest BCUT2D eigenvalue weighted by Crippen LogP contribution is -2.37. The van der Waals surface area contributed by atoms with Gasteiger partial charge in [0, 0.05) is 12.7 Å². The Labute approximate surface area is 162 Å². The molecular formula is C17H20FIN6. The third kappa shape index (κ3) is 5.12. The quantitative estimate of drug-likeness (QED) is 0.354. The van der Waals surface area contributed by atoms with Crippen LogP contribution in [-0.2, 0) is 13.1 Å².